The molecule has 7 nitrogen and oxygen atoms in total. The van der Waals surface area contributed by atoms with Crippen LogP contribution in [0.1, 0.15) is 58.6 Å². The number of rotatable bonds is 14. The monoisotopic (exact) mass is 715 g/mol. The molecule has 266 valence electrons. The summed E-state index contributed by atoms with van der Waals surface area (Å²) in [6.45, 7) is 16.4. The Kier molecular flexibility index (Phi) is 12.9. The molecular formula is C34H46F5N3O4SSi. The molecule has 0 spiro atoms. The summed E-state index contributed by atoms with van der Waals surface area (Å²) in [6, 6.07) is 4.13. The van der Waals surface area contributed by atoms with Crippen molar-refractivity contribution in [3.05, 3.63) is 53.4 Å². The zero-order chi connectivity index (χ0) is 36.1. The van der Waals surface area contributed by atoms with Crippen LogP contribution in [-0.2, 0) is 33.6 Å². The fourth-order valence-electron chi connectivity index (χ4n) is 4.63. The number of pyridine rings is 1. The third-order valence-corrected chi connectivity index (χ3v) is 9.67. The molecule has 3 rings (SSSR count). The van der Waals surface area contributed by atoms with Gasteiger partial charge in [0.25, 0.3) is 0 Å². The van der Waals surface area contributed by atoms with Gasteiger partial charge in [0, 0.05) is 46.5 Å². The third kappa shape index (κ3) is 11.9. The molecule has 0 aliphatic rings. The highest BCUT2D eigenvalue weighted by atomic mass is 32.2. The van der Waals surface area contributed by atoms with Gasteiger partial charge in [-0.2, -0.15) is 13.2 Å². The van der Waals surface area contributed by atoms with E-state index in [1.807, 2.05) is 34.6 Å². The normalized spacial score (nSPS) is 13.3. The highest BCUT2D eigenvalue weighted by Gasteiger charge is 2.37. The van der Waals surface area contributed by atoms with E-state index in [-0.39, 0.29) is 42.2 Å². The molecule has 0 N–H and O–H groups in total. The summed E-state index contributed by atoms with van der Waals surface area (Å²) in [7, 11) is -1.42. The minimum atomic E-state index is -4.79. The zero-order valence-corrected chi connectivity index (χ0v) is 30.9. The Hall–Kier alpha value is -2.97. The van der Waals surface area contributed by atoms with Crippen molar-refractivity contribution in [1.82, 2.24) is 9.55 Å². The molecule has 0 radical (unpaired) electrons. The van der Waals surface area contributed by atoms with Gasteiger partial charge in [-0.15, -0.1) is 11.8 Å². The molecule has 0 atom stereocenters. The molecule has 14 heteroatoms. The lowest BCUT2D eigenvalue weighted by Gasteiger charge is -2.24. The van der Waals surface area contributed by atoms with Gasteiger partial charge in [0.1, 0.15) is 23.7 Å². The van der Waals surface area contributed by atoms with E-state index in [9.17, 15) is 18.0 Å². The van der Waals surface area contributed by atoms with Crippen molar-refractivity contribution in [2.75, 3.05) is 19.4 Å². The molecular weight excluding hydrogens is 670 g/mol. The van der Waals surface area contributed by atoms with E-state index in [1.165, 1.54) is 22.5 Å². The van der Waals surface area contributed by atoms with Crippen LogP contribution in [0.2, 0.25) is 25.7 Å². The number of hydrogen-bond donors (Lipinski definition) is 0. The summed E-state index contributed by atoms with van der Waals surface area (Å²) < 4.78 is 90.8. The molecule has 0 saturated carbocycles. The standard InChI is InChI=1S/C34H46F5N3O4SSi/c1-32(2,3)46-28(43)10-12-33(4,5)20-41-27(47-6)18-22-16-24(35)30(25(36)17-22)45-26-11-13-40-31-29(26)23(34(37,38)39)19-42(31)21-44-14-15-48(7,8)9/h11,13,16-17,19H,10,12,14-15,18,20-21H2,1-9H3. The van der Waals surface area contributed by atoms with Gasteiger partial charge in [0.05, 0.1) is 16.0 Å². The molecule has 0 unspecified atom stereocenters. The van der Waals surface area contributed by atoms with Crippen molar-refractivity contribution >= 4 is 41.9 Å². The Labute approximate surface area is 284 Å². The Morgan fingerprint density at radius 2 is 1.71 bits per heavy atom. The van der Waals surface area contributed by atoms with Crippen LogP contribution in [0.4, 0.5) is 22.0 Å². The maximum absolute atomic E-state index is 15.3. The lowest BCUT2D eigenvalue weighted by molar-refractivity contribution is -0.155. The SMILES string of the molecule is CSC(Cc1cc(F)c(Oc2ccnc3c2c(C(F)(F)F)cn3COCC[Si](C)(C)C)c(F)c1)=NCC(C)(C)CCC(=O)OC(C)(C)C. The van der Waals surface area contributed by atoms with E-state index in [4.69, 9.17) is 14.2 Å². The Balaban J connectivity index is 1.80. The molecule has 2 heterocycles. The summed E-state index contributed by atoms with van der Waals surface area (Å²) in [5.41, 5.74) is -1.77. The average Bonchev–Trinajstić information content (AvgIpc) is 3.33. The third-order valence-electron chi connectivity index (χ3n) is 7.22. The minimum absolute atomic E-state index is 0.0832. The van der Waals surface area contributed by atoms with Gasteiger partial charge in [0.2, 0.25) is 0 Å². The number of alkyl halides is 3. The van der Waals surface area contributed by atoms with E-state index in [2.05, 4.69) is 29.6 Å². The van der Waals surface area contributed by atoms with Crippen molar-refractivity contribution in [2.24, 2.45) is 10.4 Å². The number of thioether (sulfide) groups is 1. The molecule has 0 fully saturated rings. The van der Waals surface area contributed by atoms with Crippen LogP contribution in [0.15, 0.2) is 35.6 Å². The topological polar surface area (TPSA) is 74.9 Å². The van der Waals surface area contributed by atoms with Gasteiger partial charge in [-0.05, 0) is 68.7 Å². The highest BCUT2D eigenvalue weighted by molar-refractivity contribution is 8.13. The molecule has 3 aromatic rings. The second-order valence-corrected chi connectivity index (χ2v) is 21.2. The van der Waals surface area contributed by atoms with Gasteiger partial charge < -0.3 is 18.8 Å². The summed E-state index contributed by atoms with van der Waals surface area (Å²) in [4.78, 5) is 20.9. The van der Waals surface area contributed by atoms with Crippen LogP contribution in [-0.4, -0.2) is 53.6 Å². The van der Waals surface area contributed by atoms with Gasteiger partial charge >= 0.3 is 12.1 Å². The number of aliphatic imine (C=N–C) groups is 1. The number of carbonyl (C=O) groups excluding carboxylic acids is 1. The molecule has 0 aliphatic carbocycles. The number of halogens is 5. The second kappa shape index (κ2) is 15.7. The van der Waals surface area contributed by atoms with Crippen LogP contribution in [0.3, 0.4) is 0 Å². The first-order valence-corrected chi connectivity index (χ1v) is 20.6. The van der Waals surface area contributed by atoms with E-state index < -0.39 is 53.9 Å². The van der Waals surface area contributed by atoms with Crippen LogP contribution in [0.25, 0.3) is 11.0 Å². The van der Waals surface area contributed by atoms with Crippen molar-refractivity contribution in [3.63, 3.8) is 0 Å². The largest absolute Gasteiger partial charge is 0.460 e. The van der Waals surface area contributed by atoms with Crippen LogP contribution < -0.4 is 4.74 Å². The minimum Gasteiger partial charge on any atom is -0.460 e. The van der Waals surface area contributed by atoms with Gasteiger partial charge in [-0.1, -0.05) is 33.5 Å². The smallest absolute Gasteiger partial charge is 0.418 e. The first-order chi connectivity index (χ1) is 22.1. The lowest BCUT2D eigenvalue weighted by Crippen LogP contribution is -2.25. The molecule has 2 aromatic heterocycles. The predicted octanol–water partition coefficient (Wildman–Crippen LogP) is 9.89. The summed E-state index contributed by atoms with van der Waals surface area (Å²) in [5, 5.41) is 0.194. The lowest BCUT2D eigenvalue weighted by atomic mass is 9.88. The number of esters is 1. The summed E-state index contributed by atoms with van der Waals surface area (Å²) in [6.07, 6.45) is -0.00813. The first kappa shape index (κ1) is 39.5. The van der Waals surface area contributed by atoms with Gasteiger partial charge in [0.15, 0.2) is 17.4 Å². The van der Waals surface area contributed by atoms with Gasteiger partial charge in [-0.3, -0.25) is 9.79 Å². The van der Waals surface area contributed by atoms with Gasteiger partial charge in [-0.25, -0.2) is 13.8 Å². The van der Waals surface area contributed by atoms with Crippen LogP contribution in [0, 0.1) is 17.0 Å². The second-order valence-electron chi connectivity index (χ2n) is 14.7. The highest BCUT2D eigenvalue weighted by Crippen LogP contribution is 2.42. The number of carbonyl (C=O) groups is 1. The Morgan fingerprint density at radius 1 is 1.06 bits per heavy atom. The Morgan fingerprint density at radius 3 is 2.27 bits per heavy atom. The molecule has 48 heavy (non-hydrogen) atoms. The number of nitrogens with zero attached hydrogens (tertiary/aromatic N) is 3. The maximum Gasteiger partial charge on any atom is 0.418 e. The number of aromatic nitrogens is 2. The van der Waals surface area contributed by atoms with E-state index >= 15 is 8.78 Å². The zero-order valence-electron chi connectivity index (χ0n) is 29.1. The first-order valence-electron chi connectivity index (χ1n) is 15.7. The predicted molar refractivity (Wildman–Crippen MR) is 184 cm³/mol. The molecule has 1 aromatic carbocycles. The van der Waals surface area contributed by atoms with Crippen LogP contribution in [0.5, 0.6) is 11.5 Å². The number of hydrogen-bond acceptors (Lipinski definition) is 7. The fraction of sp³-hybridized carbons (Fsp3) is 0.559. The maximum atomic E-state index is 15.3. The van der Waals surface area contributed by atoms with E-state index in [0.717, 1.165) is 30.4 Å². The summed E-state index contributed by atoms with van der Waals surface area (Å²) in [5.74, 6) is -3.66. The quantitative estimate of drug-likeness (QED) is 0.0413. The van der Waals surface area contributed by atoms with Crippen molar-refractivity contribution in [2.45, 2.75) is 98.1 Å². The van der Waals surface area contributed by atoms with Crippen LogP contribution >= 0.6 is 11.8 Å². The summed E-state index contributed by atoms with van der Waals surface area (Å²) >= 11 is 1.33. The van der Waals surface area contributed by atoms with E-state index in [0.29, 0.717) is 24.6 Å². The van der Waals surface area contributed by atoms with Crippen molar-refractivity contribution < 1.29 is 41.0 Å². The van der Waals surface area contributed by atoms with Crippen molar-refractivity contribution in [1.29, 1.82) is 0 Å². The molecule has 0 saturated heterocycles. The molecule has 0 bridgehead atoms. The fourth-order valence-corrected chi connectivity index (χ4v) is 5.89. The van der Waals surface area contributed by atoms with Crippen molar-refractivity contribution in [3.8, 4) is 11.5 Å². The Bertz CT molecular complexity index is 1590. The number of ether oxygens (including phenoxy) is 3. The van der Waals surface area contributed by atoms with E-state index in [1.54, 1.807) is 6.26 Å². The average molecular weight is 716 g/mol. The molecule has 0 amide bonds. The number of fused-ring (bicyclic) bond motifs is 1. The number of benzene rings is 1. The molecule has 0 aliphatic heterocycles.